The van der Waals surface area contributed by atoms with Crippen LogP contribution in [0.4, 0.5) is 0 Å². The molecule has 0 fully saturated rings. The number of hydrogen-bond donors (Lipinski definition) is 0. The molecule has 1 aliphatic carbocycles. The molecule has 1 aliphatic rings. The van der Waals surface area contributed by atoms with Gasteiger partial charge in [0, 0.05) is 5.92 Å². The SMILES string of the molecule is C=CCC(C)=C1C=C(c2ccccc2C)C=C(OC)C1C. The van der Waals surface area contributed by atoms with Gasteiger partial charge >= 0.3 is 0 Å². The summed E-state index contributed by atoms with van der Waals surface area (Å²) in [6.45, 7) is 10.4. The van der Waals surface area contributed by atoms with Crippen LogP contribution in [-0.4, -0.2) is 7.11 Å². The molecular formula is C20H24O. The molecule has 2 rings (SSSR count). The quantitative estimate of drug-likeness (QED) is 0.666. The Morgan fingerprint density at radius 2 is 2.00 bits per heavy atom. The van der Waals surface area contributed by atoms with Crippen molar-refractivity contribution in [3.8, 4) is 0 Å². The molecule has 0 N–H and O–H groups in total. The van der Waals surface area contributed by atoms with E-state index in [1.54, 1.807) is 7.11 Å². The van der Waals surface area contributed by atoms with Crippen molar-refractivity contribution in [2.75, 3.05) is 7.11 Å². The topological polar surface area (TPSA) is 9.23 Å². The summed E-state index contributed by atoms with van der Waals surface area (Å²) in [5, 5.41) is 0. The van der Waals surface area contributed by atoms with Gasteiger partial charge in [0.25, 0.3) is 0 Å². The van der Waals surface area contributed by atoms with E-state index < -0.39 is 0 Å². The van der Waals surface area contributed by atoms with E-state index in [1.165, 1.54) is 27.8 Å². The Kier molecular flexibility index (Phi) is 4.85. The molecule has 1 atom stereocenters. The van der Waals surface area contributed by atoms with E-state index in [9.17, 15) is 0 Å². The molecule has 0 aliphatic heterocycles. The Morgan fingerprint density at radius 3 is 2.62 bits per heavy atom. The minimum absolute atomic E-state index is 0.294. The number of allylic oxidation sites excluding steroid dienone is 6. The Balaban J connectivity index is 2.56. The van der Waals surface area contributed by atoms with Crippen LogP contribution in [0.3, 0.4) is 0 Å². The van der Waals surface area contributed by atoms with Crippen LogP contribution >= 0.6 is 0 Å². The lowest BCUT2D eigenvalue weighted by Gasteiger charge is -2.25. The van der Waals surface area contributed by atoms with Gasteiger partial charge in [-0.15, -0.1) is 6.58 Å². The molecule has 1 heteroatoms. The third kappa shape index (κ3) is 3.18. The van der Waals surface area contributed by atoms with Gasteiger partial charge in [0.1, 0.15) is 5.76 Å². The molecule has 1 unspecified atom stereocenters. The zero-order valence-corrected chi connectivity index (χ0v) is 13.4. The maximum Gasteiger partial charge on any atom is 0.103 e. The molecule has 110 valence electrons. The first kappa shape index (κ1) is 15.4. The lowest BCUT2D eigenvalue weighted by Crippen LogP contribution is -2.11. The second kappa shape index (κ2) is 6.62. The number of hydrogen-bond acceptors (Lipinski definition) is 1. The highest BCUT2D eigenvalue weighted by atomic mass is 16.5. The predicted octanol–water partition coefficient (Wildman–Crippen LogP) is 5.45. The fraction of sp³-hybridized carbons (Fsp3) is 0.300. The highest BCUT2D eigenvalue weighted by molar-refractivity contribution is 5.80. The summed E-state index contributed by atoms with van der Waals surface area (Å²) in [6, 6.07) is 8.48. The maximum atomic E-state index is 5.61. The van der Waals surface area contributed by atoms with Crippen LogP contribution in [0.2, 0.25) is 0 Å². The van der Waals surface area contributed by atoms with Gasteiger partial charge in [-0.2, -0.15) is 0 Å². The van der Waals surface area contributed by atoms with Crippen molar-refractivity contribution in [2.45, 2.75) is 27.2 Å². The molecule has 0 saturated heterocycles. The van der Waals surface area contributed by atoms with Crippen LogP contribution in [-0.2, 0) is 4.74 Å². The van der Waals surface area contributed by atoms with E-state index >= 15 is 0 Å². The standard InChI is InChI=1S/C20H24O/c1-6-9-14(2)19-12-17(13-20(21-5)16(19)4)18-11-8-7-10-15(18)3/h6-8,10-13,16H,1,9H2,2-5H3. The first-order valence-corrected chi connectivity index (χ1v) is 7.42. The van der Waals surface area contributed by atoms with Crippen LogP contribution in [0, 0.1) is 12.8 Å². The van der Waals surface area contributed by atoms with Crippen LogP contribution in [0.15, 0.2) is 66.0 Å². The first-order valence-electron chi connectivity index (χ1n) is 7.42. The molecule has 0 aromatic heterocycles. The van der Waals surface area contributed by atoms with E-state index in [4.69, 9.17) is 4.74 Å². The summed E-state index contributed by atoms with van der Waals surface area (Å²) in [5.41, 5.74) is 6.47. The molecule has 0 saturated carbocycles. The van der Waals surface area contributed by atoms with Crippen molar-refractivity contribution in [3.05, 3.63) is 77.1 Å². The van der Waals surface area contributed by atoms with Gasteiger partial charge in [0.2, 0.25) is 0 Å². The molecular weight excluding hydrogens is 256 g/mol. The van der Waals surface area contributed by atoms with Crippen molar-refractivity contribution in [1.82, 2.24) is 0 Å². The fourth-order valence-electron chi connectivity index (χ4n) is 2.88. The maximum absolute atomic E-state index is 5.61. The highest BCUT2D eigenvalue weighted by Gasteiger charge is 2.21. The van der Waals surface area contributed by atoms with Crippen molar-refractivity contribution in [3.63, 3.8) is 0 Å². The number of benzene rings is 1. The molecule has 1 aromatic rings. The molecule has 1 aromatic carbocycles. The van der Waals surface area contributed by atoms with E-state index in [-0.39, 0.29) is 0 Å². The second-order valence-corrected chi connectivity index (χ2v) is 5.62. The Bertz CT molecular complexity index is 629. The van der Waals surface area contributed by atoms with Gasteiger partial charge in [-0.25, -0.2) is 0 Å². The van der Waals surface area contributed by atoms with Gasteiger partial charge < -0.3 is 4.74 Å². The molecule has 0 spiro atoms. The normalized spacial score (nSPS) is 20.5. The van der Waals surface area contributed by atoms with Crippen LogP contribution in [0.25, 0.3) is 5.57 Å². The van der Waals surface area contributed by atoms with E-state index in [0.29, 0.717) is 5.92 Å². The summed E-state index contributed by atoms with van der Waals surface area (Å²) in [6.07, 6.45) is 7.33. The second-order valence-electron chi connectivity index (χ2n) is 5.62. The number of rotatable bonds is 4. The highest BCUT2D eigenvalue weighted by Crippen LogP contribution is 2.36. The average Bonchev–Trinajstić information content (AvgIpc) is 2.48. The van der Waals surface area contributed by atoms with E-state index in [0.717, 1.165) is 12.2 Å². The molecule has 1 nitrogen and oxygen atoms in total. The smallest absolute Gasteiger partial charge is 0.103 e. The lowest BCUT2D eigenvalue weighted by atomic mass is 9.84. The Labute approximate surface area is 128 Å². The van der Waals surface area contributed by atoms with Gasteiger partial charge in [-0.05, 0) is 48.6 Å². The summed E-state index contributed by atoms with van der Waals surface area (Å²) < 4.78 is 5.61. The van der Waals surface area contributed by atoms with Crippen molar-refractivity contribution < 1.29 is 4.74 Å². The molecule has 0 bridgehead atoms. The zero-order valence-electron chi connectivity index (χ0n) is 13.4. The van der Waals surface area contributed by atoms with E-state index in [2.05, 4.69) is 63.8 Å². The van der Waals surface area contributed by atoms with Gasteiger partial charge in [0.05, 0.1) is 7.11 Å². The number of methoxy groups -OCH3 is 1. The van der Waals surface area contributed by atoms with Crippen molar-refractivity contribution in [2.24, 2.45) is 5.92 Å². The molecule has 0 radical (unpaired) electrons. The Hall–Kier alpha value is -2.02. The summed E-state index contributed by atoms with van der Waals surface area (Å²) in [7, 11) is 1.75. The lowest BCUT2D eigenvalue weighted by molar-refractivity contribution is 0.258. The van der Waals surface area contributed by atoms with Crippen LogP contribution in [0.5, 0.6) is 0 Å². The van der Waals surface area contributed by atoms with E-state index in [1.807, 2.05) is 6.08 Å². The minimum atomic E-state index is 0.294. The summed E-state index contributed by atoms with van der Waals surface area (Å²) in [4.78, 5) is 0. The van der Waals surface area contributed by atoms with Crippen LogP contribution < -0.4 is 0 Å². The van der Waals surface area contributed by atoms with Gasteiger partial charge in [-0.1, -0.05) is 48.9 Å². The third-order valence-corrected chi connectivity index (χ3v) is 4.14. The third-order valence-electron chi connectivity index (χ3n) is 4.14. The number of aryl methyl sites for hydroxylation is 1. The van der Waals surface area contributed by atoms with Crippen molar-refractivity contribution >= 4 is 5.57 Å². The zero-order chi connectivity index (χ0) is 15.4. The Morgan fingerprint density at radius 1 is 1.29 bits per heavy atom. The largest absolute Gasteiger partial charge is 0.500 e. The fourth-order valence-corrected chi connectivity index (χ4v) is 2.88. The summed E-state index contributed by atoms with van der Waals surface area (Å²) in [5.74, 6) is 1.32. The molecule has 0 heterocycles. The van der Waals surface area contributed by atoms with Crippen LogP contribution in [0.1, 0.15) is 31.4 Å². The van der Waals surface area contributed by atoms with Gasteiger partial charge in [-0.3, -0.25) is 0 Å². The first-order chi connectivity index (χ1) is 10.1. The van der Waals surface area contributed by atoms with Gasteiger partial charge in [0.15, 0.2) is 0 Å². The summed E-state index contributed by atoms with van der Waals surface area (Å²) >= 11 is 0. The van der Waals surface area contributed by atoms with Crippen molar-refractivity contribution in [1.29, 1.82) is 0 Å². The molecule has 21 heavy (non-hydrogen) atoms. The molecule has 0 amide bonds. The minimum Gasteiger partial charge on any atom is -0.500 e. The monoisotopic (exact) mass is 280 g/mol. The number of ether oxygens (including phenoxy) is 1. The predicted molar refractivity (Wildman–Crippen MR) is 90.9 cm³/mol. The average molecular weight is 280 g/mol.